The maximum absolute atomic E-state index is 6.25. The van der Waals surface area contributed by atoms with Crippen molar-refractivity contribution in [1.29, 1.82) is 0 Å². The highest BCUT2D eigenvalue weighted by Crippen LogP contribution is 2.30. The van der Waals surface area contributed by atoms with Crippen molar-refractivity contribution in [3.8, 4) is 5.69 Å². The van der Waals surface area contributed by atoms with Gasteiger partial charge in [-0.15, -0.1) is 0 Å². The molecule has 4 rings (SSSR count). The molecule has 0 saturated carbocycles. The summed E-state index contributed by atoms with van der Waals surface area (Å²) in [6.07, 6.45) is 6.08. The molecular formula is C25H25BrN6. The third-order valence-corrected chi connectivity index (χ3v) is 5.94. The first kappa shape index (κ1) is 21.6. The average molecular weight is 489 g/mol. The molecule has 7 heteroatoms. The van der Waals surface area contributed by atoms with Crippen LogP contribution in [0.25, 0.3) is 11.4 Å². The summed E-state index contributed by atoms with van der Waals surface area (Å²) in [7, 11) is 0. The van der Waals surface area contributed by atoms with Crippen LogP contribution in [0.3, 0.4) is 0 Å². The molecule has 0 saturated heterocycles. The van der Waals surface area contributed by atoms with Crippen LogP contribution in [0.1, 0.15) is 29.3 Å². The van der Waals surface area contributed by atoms with Gasteiger partial charge in [0.15, 0.2) is 5.82 Å². The number of H-pyrrole nitrogens is 1. The molecule has 0 atom stereocenters. The van der Waals surface area contributed by atoms with E-state index in [-0.39, 0.29) is 0 Å². The fourth-order valence-electron chi connectivity index (χ4n) is 3.47. The van der Waals surface area contributed by atoms with E-state index in [1.54, 1.807) is 0 Å². The summed E-state index contributed by atoms with van der Waals surface area (Å²) in [6.45, 7) is 4.66. The lowest BCUT2D eigenvalue weighted by molar-refractivity contribution is 0.874. The van der Waals surface area contributed by atoms with Crippen molar-refractivity contribution < 1.29 is 0 Å². The van der Waals surface area contributed by atoms with Crippen LogP contribution >= 0.6 is 15.9 Å². The minimum atomic E-state index is 0.429. The maximum atomic E-state index is 6.25. The van der Waals surface area contributed by atoms with E-state index in [0.717, 1.165) is 32.7 Å². The number of nitrogens with one attached hydrogen (secondary N) is 2. The van der Waals surface area contributed by atoms with Gasteiger partial charge in [-0.2, -0.15) is 5.10 Å². The number of aromatic amines is 1. The van der Waals surface area contributed by atoms with Crippen LogP contribution in [-0.4, -0.2) is 20.6 Å². The van der Waals surface area contributed by atoms with Crippen LogP contribution in [-0.2, 0) is 6.54 Å². The Hall–Kier alpha value is -3.58. The largest absolute Gasteiger partial charge is 0.383 e. The highest BCUT2D eigenvalue weighted by Gasteiger charge is 2.15. The number of hydrogen-bond acceptors (Lipinski definition) is 3. The zero-order chi connectivity index (χ0) is 22.5. The van der Waals surface area contributed by atoms with Gasteiger partial charge < -0.3 is 15.6 Å². The molecule has 2 aromatic carbocycles. The van der Waals surface area contributed by atoms with Crippen LogP contribution in [0.15, 0.2) is 88.6 Å². The van der Waals surface area contributed by atoms with E-state index in [9.17, 15) is 0 Å². The number of hydrogen-bond donors (Lipinski definition) is 3. The smallest absolute Gasteiger partial charge is 0.190 e. The number of nitrogens with zero attached hydrogens (tertiary/aromatic N) is 3. The molecule has 0 spiro atoms. The predicted octanol–water partition coefficient (Wildman–Crippen LogP) is 5.46. The molecule has 0 unspecified atom stereocenters. The Morgan fingerprint density at radius 1 is 1.16 bits per heavy atom. The second-order valence-electron chi connectivity index (χ2n) is 7.36. The van der Waals surface area contributed by atoms with E-state index in [1.165, 1.54) is 5.56 Å². The number of aromatic nitrogens is 3. The monoisotopic (exact) mass is 488 g/mol. The molecule has 0 fully saturated rings. The summed E-state index contributed by atoms with van der Waals surface area (Å²) in [6, 6.07) is 20.4. The van der Waals surface area contributed by atoms with E-state index in [1.807, 2.05) is 68.7 Å². The van der Waals surface area contributed by atoms with Gasteiger partial charge in [0.05, 0.1) is 15.9 Å². The third kappa shape index (κ3) is 4.68. The lowest BCUT2D eigenvalue weighted by Gasteiger charge is -2.11. The normalized spacial score (nSPS) is 12.2. The second-order valence-corrected chi connectivity index (χ2v) is 8.16. The fourth-order valence-corrected chi connectivity index (χ4v) is 3.95. The maximum Gasteiger partial charge on any atom is 0.190 e. The van der Waals surface area contributed by atoms with Gasteiger partial charge in [0.1, 0.15) is 5.84 Å². The molecule has 0 aliphatic carbocycles. The summed E-state index contributed by atoms with van der Waals surface area (Å²) < 4.78 is 2.85. The Kier molecular flexibility index (Phi) is 6.56. The van der Waals surface area contributed by atoms with Crippen molar-refractivity contribution >= 4 is 33.3 Å². The molecule has 4 aromatic rings. The quantitative estimate of drug-likeness (QED) is 0.238. The lowest BCUT2D eigenvalue weighted by Crippen LogP contribution is -2.14. The van der Waals surface area contributed by atoms with Gasteiger partial charge in [0, 0.05) is 30.2 Å². The minimum Gasteiger partial charge on any atom is -0.383 e. The van der Waals surface area contributed by atoms with Crippen molar-refractivity contribution in [2.24, 2.45) is 10.7 Å². The number of aliphatic imine (C=N–C) groups is 1. The molecule has 0 aliphatic rings. The SMILES string of the molecule is CC=C(NCc1cccc(-n2cccc2)c1)c1[nH]nc(N=C(N)c2ccccc2C)c1Br. The number of rotatable bonds is 7. The summed E-state index contributed by atoms with van der Waals surface area (Å²) in [5.41, 5.74) is 12.3. The van der Waals surface area contributed by atoms with Crippen LogP contribution in [0.5, 0.6) is 0 Å². The Morgan fingerprint density at radius 2 is 1.94 bits per heavy atom. The number of nitrogens with two attached hydrogens (primary N) is 1. The first-order valence-corrected chi connectivity index (χ1v) is 11.1. The van der Waals surface area contributed by atoms with Crippen molar-refractivity contribution in [3.05, 3.63) is 106 Å². The zero-order valence-corrected chi connectivity index (χ0v) is 19.6. The Bertz CT molecular complexity index is 1270. The van der Waals surface area contributed by atoms with E-state index in [4.69, 9.17) is 5.73 Å². The van der Waals surface area contributed by atoms with E-state index in [0.29, 0.717) is 18.2 Å². The van der Waals surface area contributed by atoms with Gasteiger partial charge in [-0.25, -0.2) is 4.99 Å². The highest BCUT2D eigenvalue weighted by atomic mass is 79.9. The van der Waals surface area contributed by atoms with Crippen molar-refractivity contribution in [2.45, 2.75) is 20.4 Å². The van der Waals surface area contributed by atoms with Gasteiger partial charge in [0.25, 0.3) is 0 Å². The molecule has 4 N–H and O–H groups in total. The second kappa shape index (κ2) is 9.70. The first-order chi connectivity index (χ1) is 15.6. The lowest BCUT2D eigenvalue weighted by atomic mass is 10.1. The van der Waals surface area contributed by atoms with Crippen molar-refractivity contribution in [1.82, 2.24) is 20.1 Å². The molecule has 0 bridgehead atoms. The summed E-state index contributed by atoms with van der Waals surface area (Å²) in [4.78, 5) is 4.53. The summed E-state index contributed by atoms with van der Waals surface area (Å²) in [5.74, 6) is 0.940. The van der Waals surface area contributed by atoms with Gasteiger partial charge >= 0.3 is 0 Å². The summed E-state index contributed by atoms with van der Waals surface area (Å²) >= 11 is 3.64. The van der Waals surface area contributed by atoms with E-state index >= 15 is 0 Å². The van der Waals surface area contributed by atoms with Crippen LogP contribution in [0.2, 0.25) is 0 Å². The topological polar surface area (TPSA) is 84.0 Å². The number of aryl methyl sites for hydroxylation is 1. The van der Waals surface area contributed by atoms with Crippen molar-refractivity contribution in [2.75, 3.05) is 0 Å². The minimum absolute atomic E-state index is 0.429. The van der Waals surface area contributed by atoms with Gasteiger partial charge in [-0.05, 0) is 65.2 Å². The standard InChI is InChI=1S/C25H25BrN6/c1-3-21(28-16-18-10-8-11-19(15-18)32-13-6-7-14-32)23-22(26)25(31-30-23)29-24(27)20-12-5-4-9-17(20)2/h3-15,28H,16H2,1-2H3,(H3,27,29,30,31). The number of halogens is 1. The highest BCUT2D eigenvalue weighted by molar-refractivity contribution is 9.10. The predicted molar refractivity (Wildman–Crippen MR) is 134 cm³/mol. The van der Waals surface area contributed by atoms with E-state index in [2.05, 4.69) is 65.3 Å². The molecule has 162 valence electrons. The Balaban J connectivity index is 1.51. The molecule has 0 aliphatic heterocycles. The molecule has 0 radical (unpaired) electrons. The summed E-state index contributed by atoms with van der Waals surface area (Å²) in [5, 5.41) is 10.9. The number of amidine groups is 1. The van der Waals surface area contributed by atoms with Crippen LogP contribution < -0.4 is 11.1 Å². The molecule has 6 nitrogen and oxygen atoms in total. The number of allylic oxidation sites excluding steroid dienone is 1. The Labute approximate surface area is 196 Å². The molecule has 2 heterocycles. The van der Waals surface area contributed by atoms with Crippen molar-refractivity contribution in [3.63, 3.8) is 0 Å². The first-order valence-electron chi connectivity index (χ1n) is 10.3. The van der Waals surface area contributed by atoms with Gasteiger partial charge in [-0.3, -0.25) is 5.10 Å². The van der Waals surface area contributed by atoms with Crippen LogP contribution in [0.4, 0.5) is 5.82 Å². The molecular weight excluding hydrogens is 464 g/mol. The molecule has 0 amide bonds. The molecule has 32 heavy (non-hydrogen) atoms. The van der Waals surface area contributed by atoms with Crippen LogP contribution in [0, 0.1) is 6.92 Å². The third-order valence-electron chi connectivity index (χ3n) is 5.19. The fraction of sp³-hybridized carbons (Fsp3) is 0.120. The average Bonchev–Trinajstić information content (AvgIpc) is 3.46. The van der Waals surface area contributed by atoms with E-state index < -0.39 is 0 Å². The van der Waals surface area contributed by atoms with Gasteiger partial charge in [0.2, 0.25) is 0 Å². The zero-order valence-electron chi connectivity index (χ0n) is 18.0. The number of benzene rings is 2. The Morgan fingerprint density at radius 3 is 2.69 bits per heavy atom. The van der Waals surface area contributed by atoms with Gasteiger partial charge in [-0.1, -0.05) is 42.5 Å². The molecule has 2 aromatic heterocycles.